The monoisotopic (exact) mass is 374 g/mol. The topological polar surface area (TPSA) is 83.6 Å². The molecule has 3 rings (SSSR count). The minimum Gasteiger partial charge on any atom is -0.379 e. The van der Waals surface area contributed by atoms with E-state index in [1.165, 1.54) is 11.3 Å². The number of amides is 2. The van der Waals surface area contributed by atoms with Gasteiger partial charge in [0.05, 0.1) is 25.5 Å². The highest BCUT2D eigenvalue weighted by molar-refractivity contribution is 7.17. The molecule has 0 radical (unpaired) electrons. The Balaban J connectivity index is 1.70. The van der Waals surface area contributed by atoms with Gasteiger partial charge in [-0.25, -0.2) is 4.98 Å². The molecule has 1 fully saturated rings. The van der Waals surface area contributed by atoms with Crippen LogP contribution in [0.4, 0.5) is 5.69 Å². The fourth-order valence-corrected chi connectivity index (χ4v) is 3.75. The van der Waals surface area contributed by atoms with E-state index in [2.05, 4.69) is 20.5 Å². The molecule has 2 amide bonds. The van der Waals surface area contributed by atoms with Gasteiger partial charge in [0.25, 0.3) is 5.91 Å². The van der Waals surface area contributed by atoms with Crippen molar-refractivity contribution in [2.75, 3.05) is 45.2 Å². The first kappa shape index (κ1) is 18.5. The number of hydrogen-bond acceptors (Lipinski definition) is 6. The average Bonchev–Trinajstić information content (AvgIpc) is 3.04. The van der Waals surface area contributed by atoms with Crippen LogP contribution in [0, 0.1) is 6.92 Å². The van der Waals surface area contributed by atoms with Crippen LogP contribution in [-0.4, -0.2) is 61.6 Å². The molecule has 0 saturated carbocycles. The molecule has 0 bridgehead atoms. The minimum absolute atomic E-state index is 0.0505. The molecule has 0 atom stereocenters. The number of anilines is 1. The molecule has 7 nitrogen and oxygen atoms in total. The summed E-state index contributed by atoms with van der Waals surface area (Å²) in [5.74, 6) is -0.188. The standard InChI is InChI=1S/C18H22N4O3S/c1-12-16(17(24)19-2)26-18(20-12)13-4-3-5-14(10-13)21-15(23)11-22-6-8-25-9-7-22/h3-5,10H,6-9,11H2,1-2H3,(H,19,24)(H,21,23). The number of carbonyl (C=O) groups is 2. The van der Waals surface area contributed by atoms with Crippen molar-refractivity contribution in [3.8, 4) is 10.6 Å². The highest BCUT2D eigenvalue weighted by Gasteiger charge is 2.16. The molecule has 0 unspecified atom stereocenters. The maximum Gasteiger partial charge on any atom is 0.263 e. The predicted molar refractivity (Wildman–Crippen MR) is 102 cm³/mol. The third-order valence-electron chi connectivity index (χ3n) is 4.09. The number of nitrogens with one attached hydrogen (secondary N) is 2. The van der Waals surface area contributed by atoms with Crippen LogP contribution in [0.1, 0.15) is 15.4 Å². The van der Waals surface area contributed by atoms with E-state index in [0.717, 1.165) is 29.3 Å². The normalized spacial score (nSPS) is 14.8. The number of hydrogen-bond donors (Lipinski definition) is 2. The SMILES string of the molecule is CNC(=O)c1sc(-c2cccc(NC(=O)CN3CCOCC3)c2)nc1C. The highest BCUT2D eigenvalue weighted by atomic mass is 32.1. The number of thiazole rings is 1. The second-order valence-electron chi connectivity index (χ2n) is 6.03. The second kappa shape index (κ2) is 8.39. The lowest BCUT2D eigenvalue weighted by atomic mass is 10.2. The number of aryl methyl sites for hydroxylation is 1. The van der Waals surface area contributed by atoms with Gasteiger partial charge < -0.3 is 15.4 Å². The molecule has 26 heavy (non-hydrogen) atoms. The number of aromatic nitrogens is 1. The van der Waals surface area contributed by atoms with Crippen LogP contribution in [0.25, 0.3) is 10.6 Å². The fraction of sp³-hybridized carbons (Fsp3) is 0.389. The van der Waals surface area contributed by atoms with Gasteiger partial charge in [-0.2, -0.15) is 0 Å². The molecular weight excluding hydrogens is 352 g/mol. The van der Waals surface area contributed by atoms with E-state index in [0.29, 0.717) is 30.3 Å². The Hall–Kier alpha value is -2.29. The largest absolute Gasteiger partial charge is 0.379 e. The van der Waals surface area contributed by atoms with E-state index in [9.17, 15) is 9.59 Å². The number of morpholine rings is 1. The lowest BCUT2D eigenvalue weighted by molar-refractivity contribution is -0.118. The molecule has 2 heterocycles. The summed E-state index contributed by atoms with van der Waals surface area (Å²) in [5.41, 5.74) is 2.29. The summed E-state index contributed by atoms with van der Waals surface area (Å²) < 4.78 is 5.29. The number of ether oxygens (including phenoxy) is 1. The van der Waals surface area contributed by atoms with Gasteiger partial charge >= 0.3 is 0 Å². The molecular formula is C18H22N4O3S. The summed E-state index contributed by atoms with van der Waals surface area (Å²) in [5, 5.41) is 6.31. The van der Waals surface area contributed by atoms with Crippen LogP contribution in [0.5, 0.6) is 0 Å². The van der Waals surface area contributed by atoms with Gasteiger partial charge in [-0.05, 0) is 19.1 Å². The minimum atomic E-state index is -0.138. The lowest BCUT2D eigenvalue weighted by Crippen LogP contribution is -2.41. The molecule has 1 aliphatic rings. The zero-order valence-electron chi connectivity index (χ0n) is 14.9. The summed E-state index contributed by atoms with van der Waals surface area (Å²) in [6.45, 7) is 5.05. The van der Waals surface area contributed by atoms with Crippen molar-refractivity contribution in [3.05, 3.63) is 34.8 Å². The lowest BCUT2D eigenvalue weighted by Gasteiger charge is -2.25. The summed E-state index contributed by atoms with van der Waals surface area (Å²) in [7, 11) is 1.60. The molecule has 1 saturated heterocycles. The Kier molecular flexibility index (Phi) is 5.97. The van der Waals surface area contributed by atoms with Gasteiger partial charge in [-0.1, -0.05) is 12.1 Å². The van der Waals surface area contributed by atoms with E-state index in [-0.39, 0.29) is 11.8 Å². The predicted octanol–water partition coefficient (Wildman–Crippen LogP) is 1.75. The zero-order chi connectivity index (χ0) is 18.5. The van der Waals surface area contributed by atoms with Crippen molar-refractivity contribution in [3.63, 3.8) is 0 Å². The Morgan fingerprint density at radius 1 is 1.31 bits per heavy atom. The second-order valence-corrected chi connectivity index (χ2v) is 7.03. The van der Waals surface area contributed by atoms with Crippen molar-refractivity contribution in [1.29, 1.82) is 0 Å². The molecule has 2 N–H and O–H groups in total. The molecule has 138 valence electrons. The third-order valence-corrected chi connectivity index (χ3v) is 5.30. The summed E-state index contributed by atoms with van der Waals surface area (Å²) in [6, 6.07) is 7.52. The quantitative estimate of drug-likeness (QED) is 0.833. The van der Waals surface area contributed by atoms with Crippen molar-refractivity contribution in [1.82, 2.24) is 15.2 Å². The molecule has 2 aromatic rings. The van der Waals surface area contributed by atoms with E-state index >= 15 is 0 Å². The summed E-state index contributed by atoms with van der Waals surface area (Å²) in [6.07, 6.45) is 0. The maximum absolute atomic E-state index is 12.3. The number of carbonyl (C=O) groups excluding carboxylic acids is 2. The first-order chi connectivity index (χ1) is 12.6. The Morgan fingerprint density at radius 3 is 2.81 bits per heavy atom. The summed E-state index contributed by atoms with van der Waals surface area (Å²) in [4.78, 5) is 31.3. The first-order valence-electron chi connectivity index (χ1n) is 8.46. The van der Waals surface area contributed by atoms with E-state index < -0.39 is 0 Å². The summed E-state index contributed by atoms with van der Waals surface area (Å²) >= 11 is 1.34. The van der Waals surface area contributed by atoms with E-state index in [1.54, 1.807) is 7.05 Å². The van der Waals surface area contributed by atoms with Crippen LogP contribution in [0.2, 0.25) is 0 Å². The van der Waals surface area contributed by atoms with Crippen molar-refractivity contribution < 1.29 is 14.3 Å². The Labute approximate surface area is 156 Å². The first-order valence-corrected chi connectivity index (χ1v) is 9.28. The van der Waals surface area contributed by atoms with Gasteiger partial charge in [0.2, 0.25) is 5.91 Å². The van der Waals surface area contributed by atoms with Gasteiger partial charge in [0.15, 0.2) is 0 Å². The van der Waals surface area contributed by atoms with Gasteiger partial charge in [-0.3, -0.25) is 14.5 Å². The van der Waals surface area contributed by atoms with E-state index in [1.807, 2.05) is 31.2 Å². The van der Waals surface area contributed by atoms with Crippen LogP contribution < -0.4 is 10.6 Å². The average molecular weight is 374 g/mol. The van der Waals surface area contributed by atoms with Crippen molar-refractivity contribution in [2.45, 2.75) is 6.92 Å². The van der Waals surface area contributed by atoms with Crippen molar-refractivity contribution >= 4 is 28.8 Å². The van der Waals surface area contributed by atoms with Gasteiger partial charge in [0, 0.05) is 31.4 Å². The van der Waals surface area contributed by atoms with Gasteiger partial charge in [0.1, 0.15) is 9.88 Å². The molecule has 0 spiro atoms. The molecule has 0 aliphatic carbocycles. The highest BCUT2D eigenvalue weighted by Crippen LogP contribution is 2.29. The molecule has 8 heteroatoms. The van der Waals surface area contributed by atoms with Crippen LogP contribution in [0.3, 0.4) is 0 Å². The maximum atomic E-state index is 12.3. The third kappa shape index (κ3) is 4.46. The smallest absolute Gasteiger partial charge is 0.263 e. The molecule has 1 aromatic carbocycles. The zero-order valence-corrected chi connectivity index (χ0v) is 15.7. The number of rotatable bonds is 5. The Bertz CT molecular complexity index is 799. The van der Waals surface area contributed by atoms with Crippen LogP contribution in [-0.2, 0) is 9.53 Å². The van der Waals surface area contributed by atoms with Crippen LogP contribution >= 0.6 is 11.3 Å². The van der Waals surface area contributed by atoms with E-state index in [4.69, 9.17) is 4.74 Å². The Morgan fingerprint density at radius 2 is 2.08 bits per heavy atom. The fourth-order valence-electron chi connectivity index (χ4n) is 2.74. The molecule has 1 aliphatic heterocycles. The van der Waals surface area contributed by atoms with Crippen LogP contribution in [0.15, 0.2) is 24.3 Å². The van der Waals surface area contributed by atoms with Gasteiger partial charge in [-0.15, -0.1) is 11.3 Å². The number of benzene rings is 1. The molecule has 1 aromatic heterocycles. The number of nitrogens with zero attached hydrogens (tertiary/aromatic N) is 2. The van der Waals surface area contributed by atoms with Crippen molar-refractivity contribution in [2.24, 2.45) is 0 Å².